The van der Waals surface area contributed by atoms with Gasteiger partial charge in [-0.1, -0.05) is 26.0 Å². The molecule has 1 aromatic carbocycles. The first kappa shape index (κ1) is 18.2. The predicted molar refractivity (Wildman–Crippen MR) is 99.4 cm³/mol. The van der Waals surface area contributed by atoms with Crippen molar-refractivity contribution in [3.8, 4) is 0 Å². The predicted octanol–water partition coefficient (Wildman–Crippen LogP) is 4.34. The van der Waals surface area contributed by atoms with E-state index in [0.29, 0.717) is 12.3 Å². The highest BCUT2D eigenvalue weighted by atomic mass is 16.1. The van der Waals surface area contributed by atoms with E-state index in [1.54, 1.807) is 0 Å². The number of aryl methyl sites for hydroxylation is 3. The zero-order chi connectivity index (χ0) is 17.9. The third kappa shape index (κ3) is 4.47. The second-order valence-electron chi connectivity index (χ2n) is 7.09. The minimum absolute atomic E-state index is 0.0547. The van der Waals surface area contributed by atoms with Crippen molar-refractivity contribution in [3.63, 3.8) is 0 Å². The monoisotopic (exact) mass is 327 g/mol. The van der Waals surface area contributed by atoms with E-state index < -0.39 is 0 Å². The number of aromatic nitrogens is 2. The van der Waals surface area contributed by atoms with E-state index in [-0.39, 0.29) is 5.91 Å². The molecule has 4 heteroatoms. The standard InChI is InChI=1S/C20H29N3O/c1-13(2)12-23-17(6)18(16(5)22-23)9-10-20(24)21-19-11-14(3)7-8-15(19)4/h7-8,11,13H,9-10,12H2,1-6H3,(H,21,24). The number of nitrogens with zero attached hydrogens (tertiary/aromatic N) is 2. The quantitative estimate of drug-likeness (QED) is 0.857. The lowest BCUT2D eigenvalue weighted by Crippen LogP contribution is -2.14. The van der Waals surface area contributed by atoms with Crippen LogP contribution in [0.4, 0.5) is 5.69 Å². The van der Waals surface area contributed by atoms with Crippen molar-refractivity contribution in [1.82, 2.24) is 9.78 Å². The topological polar surface area (TPSA) is 46.9 Å². The molecule has 0 atom stereocenters. The molecule has 130 valence electrons. The fraction of sp³-hybridized carbons (Fsp3) is 0.500. The highest BCUT2D eigenvalue weighted by molar-refractivity contribution is 5.91. The Kier molecular flexibility index (Phi) is 5.81. The van der Waals surface area contributed by atoms with Crippen molar-refractivity contribution < 1.29 is 4.79 Å². The van der Waals surface area contributed by atoms with Crippen LogP contribution in [0.25, 0.3) is 0 Å². The minimum atomic E-state index is 0.0547. The van der Waals surface area contributed by atoms with Crippen LogP contribution in [-0.4, -0.2) is 15.7 Å². The highest BCUT2D eigenvalue weighted by Crippen LogP contribution is 2.19. The maximum atomic E-state index is 12.3. The molecule has 0 radical (unpaired) electrons. The van der Waals surface area contributed by atoms with Gasteiger partial charge in [-0.2, -0.15) is 5.10 Å². The molecule has 2 rings (SSSR count). The molecule has 4 nitrogen and oxygen atoms in total. The van der Waals surface area contributed by atoms with Gasteiger partial charge in [-0.3, -0.25) is 9.48 Å². The summed E-state index contributed by atoms with van der Waals surface area (Å²) in [5.41, 5.74) is 6.56. The smallest absolute Gasteiger partial charge is 0.224 e. The summed E-state index contributed by atoms with van der Waals surface area (Å²) in [7, 11) is 0. The maximum absolute atomic E-state index is 12.3. The van der Waals surface area contributed by atoms with E-state index in [1.807, 2.05) is 32.9 Å². The molecular weight excluding hydrogens is 298 g/mol. The van der Waals surface area contributed by atoms with Crippen LogP contribution >= 0.6 is 0 Å². The van der Waals surface area contributed by atoms with Gasteiger partial charge in [-0.05, 0) is 62.8 Å². The van der Waals surface area contributed by atoms with Crippen LogP contribution in [0.3, 0.4) is 0 Å². The fourth-order valence-corrected chi connectivity index (χ4v) is 2.94. The van der Waals surface area contributed by atoms with Gasteiger partial charge < -0.3 is 5.32 Å². The summed E-state index contributed by atoms with van der Waals surface area (Å²) in [6.45, 7) is 13.5. The second kappa shape index (κ2) is 7.65. The van der Waals surface area contributed by atoms with Crippen molar-refractivity contribution in [2.45, 2.75) is 60.9 Å². The van der Waals surface area contributed by atoms with Gasteiger partial charge in [0.25, 0.3) is 0 Å². The first-order valence-electron chi connectivity index (χ1n) is 8.68. The van der Waals surface area contributed by atoms with Gasteiger partial charge >= 0.3 is 0 Å². The molecule has 0 saturated heterocycles. The largest absolute Gasteiger partial charge is 0.326 e. The summed E-state index contributed by atoms with van der Waals surface area (Å²) in [5, 5.41) is 7.66. The van der Waals surface area contributed by atoms with E-state index in [0.717, 1.165) is 35.5 Å². The molecule has 0 saturated carbocycles. The fourth-order valence-electron chi connectivity index (χ4n) is 2.94. The normalized spacial score (nSPS) is 11.1. The summed E-state index contributed by atoms with van der Waals surface area (Å²) < 4.78 is 2.07. The number of hydrogen-bond acceptors (Lipinski definition) is 2. The lowest BCUT2D eigenvalue weighted by molar-refractivity contribution is -0.116. The Morgan fingerprint density at radius 1 is 1.21 bits per heavy atom. The summed E-state index contributed by atoms with van der Waals surface area (Å²) in [5.74, 6) is 0.613. The zero-order valence-electron chi connectivity index (χ0n) is 15.7. The third-order valence-corrected chi connectivity index (χ3v) is 4.34. The summed E-state index contributed by atoms with van der Waals surface area (Å²) >= 11 is 0. The summed E-state index contributed by atoms with van der Waals surface area (Å²) in [6, 6.07) is 6.11. The van der Waals surface area contributed by atoms with Crippen molar-refractivity contribution in [2.75, 3.05) is 5.32 Å². The van der Waals surface area contributed by atoms with Gasteiger partial charge in [0.2, 0.25) is 5.91 Å². The Balaban J connectivity index is 2.01. The van der Waals surface area contributed by atoms with Crippen molar-refractivity contribution >= 4 is 11.6 Å². The highest BCUT2D eigenvalue weighted by Gasteiger charge is 2.14. The van der Waals surface area contributed by atoms with Crippen LogP contribution < -0.4 is 5.32 Å². The number of anilines is 1. The third-order valence-electron chi connectivity index (χ3n) is 4.34. The van der Waals surface area contributed by atoms with E-state index in [2.05, 4.69) is 41.9 Å². The summed E-state index contributed by atoms with van der Waals surface area (Å²) in [6.07, 6.45) is 1.20. The molecule has 0 spiro atoms. The first-order chi connectivity index (χ1) is 11.3. The van der Waals surface area contributed by atoms with Gasteiger partial charge in [0.05, 0.1) is 5.69 Å². The number of carbonyl (C=O) groups is 1. The van der Waals surface area contributed by atoms with Crippen molar-refractivity contribution in [1.29, 1.82) is 0 Å². The number of carbonyl (C=O) groups excluding carboxylic acids is 1. The lowest BCUT2D eigenvalue weighted by atomic mass is 10.1. The van der Waals surface area contributed by atoms with Crippen LogP contribution in [0.5, 0.6) is 0 Å². The molecule has 0 unspecified atom stereocenters. The number of hydrogen-bond donors (Lipinski definition) is 1. The SMILES string of the molecule is Cc1ccc(C)c(NC(=O)CCc2c(C)nn(CC(C)C)c2C)c1. The maximum Gasteiger partial charge on any atom is 0.224 e. The molecule has 1 amide bonds. The van der Waals surface area contributed by atoms with Gasteiger partial charge in [0.15, 0.2) is 0 Å². The zero-order valence-corrected chi connectivity index (χ0v) is 15.7. The number of amides is 1. The molecule has 0 aliphatic carbocycles. The molecule has 0 bridgehead atoms. The number of benzene rings is 1. The molecule has 2 aromatic rings. The van der Waals surface area contributed by atoms with E-state index in [1.165, 1.54) is 11.3 Å². The molecule has 0 fully saturated rings. The lowest BCUT2D eigenvalue weighted by Gasteiger charge is -2.10. The van der Waals surface area contributed by atoms with Gasteiger partial charge in [0.1, 0.15) is 0 Å². The number of nitrogens with one attached hydrogen (secondary N) is 1. The summed E-state index contributed by atoms with van der Waals surface area (Å²) in [4.78, 5) is 12.3. The Labute approximate surface area is 145 Å². The van der Waals surface area contributed by atoms with Gasteiger partial charge in [-0.25, -0.2) is 0 Å². The van der Waals surface area contributed by atoms with E-state index >= 15 is 0 Å². The Bertz CT molecular complexity index is 729. The molecule has 1 heterocycles. The van der Waals surface area contributed by atoms with Crippen LogP contribution in [-0.2, 0) is 17.8 Å². The molecule has 0 aliphatic rings. The van der Waals surface area contributed by atoms with Crippen LogP contribution in [0.2, 0.25) is 0 Å². The Hall–Kier alpha value is -2.10. The van der Waals surface area contributed by atoms with Crippen LogP contribution in [0, 0.1) is 33.6 Å². The van der Waals surface area contributed by atoms with Gasteiger partial charge in [-0.15, -0.1) is 0 Å². The Morgan fingerprint density at radius 2 is 1.92 bits per heavy atom. The van der Waals surface area contributed by atoms with E-state index in [4.69, 9.17) is 0 Å². The van der Waals surface area contributed by atoms with Crippen molar-refractivity contribution in [3.05, 3.63) is 46.3 Å². The van der Waals surface area contributed by atoms with Gasteiger partial charge in [0, 0.05) is 24.3 Å². The first-order valence-corrected chi connectivity index (χ1v) is 8.68. The molecule has 1 aromatic heterocycles. The van der Waals surface area contributed by atoms with Crippen LogP contribution in [0.15, 0.2) is 18.2 Å². The molecule has 0 aliphatic heterocycles. The molecular formula is C20H29N3O. The van der Waals surface area contributed by atoms with E-state index in [9.17, 15) is 4.79 Å². The van der Waals surface area contributed by atoms with Crippen molar-refractivity contribution in [2.24, 2.45) is 5.92 Å². The number of rotatable bonds is 6. The average Bonchev–Trinajstić information content (AvgIpc) is 2.74. The minimum Gasteiger partial charge on any atom is -0.326 e. The Morgan fingerprint density at radius 3 is 2.58 bits per heavy atom. The second-order valence-corrected chi connectivity index (χ2v) is 7.09. The van der Waals surface area contributed by atoms with Crippen LogP contribution in [0.1, 0.15) is 48.3 Å². The molecule has 24 heavy (non-hydrogen) atoms. The molecule has 1 N–H and O–H groups in total. The average molecular weight is 327 g/mol.